The van der Waals surface area contributed by atoms with E-state index in [0.29, 0.717) is 58.3 Å². The van der Waals surface area contributed by atoms with Crippen molar-refractivity contribution in [3.63, 3.8) is 0 Å². The first-order chi connectivity index (χ1) is 13.7. The van der Waals surface area contributed by atoms with E-state index in [1.807, 2.05) is 6.07 Å². The van der Waals surface area contributed by atoms with Gasteiger partial charge in [0, 0.05) is 30.0 Å². The Morgan fingerprint density at radius 3 is 3.00 bits per heavy atom. The molecule has 2 aromatic carbocycles. The molecule has 8 heteroatoms. The highest BCUT2D eigenvalue weighted by atomic mass is 32.2. The lowest BCUT2D eigenvalue weighted by Gasteiger charge is -2.21. The molecule has 0 unspecified atom stereocenters. The lowest BCUT2D eigenvalue weighted by Crippen LogP contribution is -2.24. The highest BCUT2D eigenvalue weighted by Gasteiger charge is 2.18. The van der Waals surface area contributed by atoms with Crippen molar-refractivity contribution in [2.75, 3.05) is 13.4 Å². The predicted molar refractivity (Wildman–Crippen MR) is 104 cm³/mol. The molecular weight excluding hydrogens is 383 g/mol. The molecule has 0 spiro atoms. The lowest BCUT2D eigenvalue weighted by atomic mass is 10.1. The Kier molecular flexibility index (Phi) is 5.61. The maximum atomic E-state index is 14.0. The fourth-order valence-corrected chi connectivity index (χ4v) is 4.18. The van der Waals surface area contributed by atoms with E-state index in [2.05, 4.69) is 4.98 Å². The summed E-state index contributed by atoms with van der Waals surface area (Å²) in [6, 6.07) is 10.0. The van der Waals surface area contributed by atoms with Crippen molar-refractivity contribution in [2.24, 2.45) is 0 Å². The normalized spacial score (nSPS) is 13.4. The van der Waals surface area contributed by atoms with Gasteiger partial charge in [0.2, 0.25) is 0 Å². The quantitative estimate of drug-likeness (QED) is 0.505. The Labute approximate surface area is 164 Å². The Bertz CT molecular complexity index is 1070. The van der Waals surface area contributed by atoms with E-state index in [4.69, 9.17) is 9.47 Å². The smallest absolute Gasteiger partial charge is 0.262 e. The molecule has 0 atom stereocenters. The first-order valence-corrected chi connectivity index (χ1v) is 9.91. The van der Waals surface area contributed by atoms with Crippen LogP contribution in [0, 0.1) is 5.82 Å². The van der Waals surface area contributed by atoms with Crippen LogP contribution >= 0.6 is 11.8 Å². The second-order valence-electron chi connectivity index (χ2n) is 6.40. The largest absolute Gasteiger partial charge is 0.467 e. The molecule has 1 aromatic heterocycles. The van der Waals surface area contributed by atoms with Crippen LogP contribution in [0.3, 0.4) is 0 Å². The minimum atomic E-state index is -0.354. The number of hydrogen-bond donors (Lipinski definition) is 1. The molecule has 0 saturated heterocycles. The van der Waals surface area contributed by atoms with Gasteiger partial charge in [-0.3, -0.25) is 9.36 Å². The van der Waals surface area contributed by atoms with Crippen LogP contribution in [0.4, 0.5) is 4.39 Å². The second kappa shape index (κ2) is 8.30. The van der Waals surface area contributed by atoms with Gasteiger partial charge in [0.05, 0.1) is 17.5 Å². The first kappa shape index (κ1) is 18.9. The zero-order chi connectivity index (χ0) is 19.5. The number of aromatic nitrogens is 2. The van der Waals surface area contributed by atoms with Gasteiger partial charge in [0.15, 0.2) is 11.9 Å². The van der Waals surface area contributed by atoms with Gasteiger partial charge in [-0.25, -0.2) is 9.37 Å². The number of benzene rings is 2. The maximum absolute atomic E-state index is 14.0. The number of halogens is 1. The van der Waals surface area contributed by atoms with Crippen LogP contribution in [0.15, 0.2) is 46.3 Å². The summed E-state index contributed by atoms with van der Waals surface area (Å²) in [5.74, 6) is 0.669. The van der Waals surface area contributed by atoms with Crippen molar-refractivity contribution in [1.82, 2.24) is 9.55 Å². The van der Waals surface area contributed by atoms with E-state index in [1.165, 1.54) is 23.9 Å². The van der Waals surface area contributed by atoms with Gasteiger partial charge in [-0.1, -0.05) is 23.9 Å². The molecule has 2 heterocycles. The fraction of sp³-hybridized carbons (Fsp3) is 0.300. The van der Waals surface area contributed by atoms with Crippen molar-refractivity contribution in [3.8, 4) is 5.75 Å². The fourth-order valence-electron chi connectivity index (χ4n) is 3.19. The Morgan fingerprint density at radius 1 is 1.29 bits per heavy atom. The van der Waals surface area contributed by atoms with Crippen molar-refractivity contribution in [2.45, 2.75) is 30.5 Å². The van der Waals surface area contributed by atoms with Crippen LogP contribution in [-0.2, 0) is 23.6 Å². The molecule has 1 N–H and O–H groups in total. The number of hydrogen-bond acceptors (Lipinski definition) is 6. The zero-order valence-corrected chi connectivity index (χ0v) is 15.9. The van der Waals surface area contributed by atoms with Crippen LogP contribution in [0.5, 0.6) is 5.75 Å². The number of rotatable bonds is 6. The van der Waals surface area contributed by atoms with Crippen LogP contribution < -0.4 is 10.3 Å². The van der Waals surface area contributed by atoms with Gasteiger partial charge < -0.3 is 14.6 Å². The van der Waals surface area contributed by atoms with E-state index in [1.54, 1.807) is 22.8 Å². The third-order valence-corrected chi connectivity index (χ3v) is 5.50. The number of aliphatic hydroxyl groups is 1. The van der Waals surface area contributed by atoms with E-state index in [9.17, 15) is 14.3 Å². The molecule has 0 saturated carbocycles. The number of thioether (sulfide) groups is 1. The number of para-hydroxylation sites is 1. The van der Waals surface area contributed by atoms with Crippen LogP contribution in [0.25, 0.3) is 10.9 Å². The minimum absolute atomic E-state index is 0.0192. The molecule has 146 valence electrons. The van der Waals surface area contributed by atoms with Crippen LogP contribution in [-0.4, -0.2) is 28.1 Å². The summed E-state index contributed by atoms with van der Waals surface area (Å²) in [6.07, 6.45) is 0.448. The average Bonchev–Trinajstić information content (AvgIpc) is 2.71. The second-order valence-corrected chi connectivity index (χ2v) is 7.34. The topological polar surface area (TPSA) is 73.6 Å². The number of aliphatic hydroxyl groups excluding tert-OH is 1. The molecule has 0 bridgehead atoms. The van der Waals surface area contributed by atoms with Crippen LogP contribution in [0.2, 0.25) is 0 Å². The molecular formula is C20H19FN2O4S. The third-order valence-electron chi connectivity index (χ3n) is 4.47. The predicted octanol–water partition coefficient (Wildman–Crippen LogP) is 3.08. The van der Waals surface area contributed by atoms with Crippen molar-refractivity contribution >= 4 is 22.7 Å². The summed E-state index contributed by atoms with van der Waals surface area (Å²) in [5.41, 5.74) is 1.83. The van der Waals surface area contributed by atoms with Crippen molar-refractivity contribution < 1.29 is 19.0 Å². The van der Waals surface area contributed by atoms with Gasteiger partial charge in [-0.05, 0) is 30.7 Å². The Hall–Kier alpha value is -2.42. The van der Waals surface area contributed by atoms with E-state index >= 15 is 0 Å². The van der Waals surface area contributed by atoms with Gasteiger partial charge in [0.1, 0.15) is 11.6 Å². The summed E-state index contributed by atoms with van der Waals surface area (Å²) in [7, 11) is 0. The molecule has 0 aliphatic carbocycles. The molecule has 3 aromatic rings. The number of nitrogens with zero attached hydrogens (tertiary/aromatic N) is 2. The van der Waals surface area contributed by atoms with E-state index in [0.717, 1.165) is 0 Å². The van der Waals surface area contributed by atoms with Crippen molar-refractivity contribution in [1.29, 1.82) is 0 Å². The molecule has 4 rings (SSSR count). The van der Waals surface area contributed by atoms with Crippen LogP contribution in [0.1, 0.15) is 17.5 Å². The monoisotopic (exact) mass is 402 g/mol. The maximum Gasteiger partial charge on any atom is 0.262 e. The average molecular weight is 402 g/mol. The summed E-state index contributed by atoms with van der Waals surface area (Å²) >= 11 is 1.34. The number of fused-ring (bicyclic) bond motifs is 2. The first-order valence-electron chi connectivity index (χ1n) is 8.92. The molecule has 28 heavy (non-hydrogen) atoms. The summed E-state index contributed by atoms with van der Waals surface area (Å²) in [5, 5.41) is 10.2. The van der Waals surface area contributed by atoms with Gasteiger partial charge in [0.25, 0.3) is 5.56 Å². The standard InChI is InChI=1S/C20H19FN2O4S/c21-15-8-13-10-26-12-27-18(13)14(9-15)11-28-20-22-17-5-2-1-4-16(17)19(25)23(20)6-3-7-24/h1-2,4-5,8-9,24H,3,6-7,10-12H2. The molecule has 1 aliphatic heterocycles. The summed E-state index contributed by atoms with van der Waals surface area (Å²) < 4.78 is 26.3. The molecule has 0 fully saturated rings. The number of ether oxygens (including phenoxy) is 2. The molecule has 6 nitrogen and oxygen atoms in total. The van der Waals surface area contributed by atoms with E-state index in [-0.39, 0.29) is 24.8 Å². The summed E-state index contributed by atoms with van der Waals surface area (Å²) in [6.45, 7) is 0.779. The highest BCUT2D eigenvalue weighted by Crippen LogP contribution is 2.33. The van der Waals surface area contributed by atoms with Gasteiger partial charge in [-0.15, -0.1) is 0 Å². The summed E-state index contributed by atoms with van der Waals surface area (Å²) in [4.78, 5) is 17.5. The SMILES string of the molecule is O=c1c2ccccc2nc(SCc2cc(F)cc3c2OCOC3)n1CCCO. The highest BCUT2D eigenvalue weighted by molar-refractivity contribution is 7.98. The Balaban J connectivity index is 1.70. The molecule has 1 aliphatic rings. The van der Waals surface area contributed by atoms with E-state index < -0.39 is 0 Å². The Morgan fingerprint density at radius 2 is 2.14 bits per heavy atom. The lowest BCUT2D eigenvalue weighted by molar-refractivity contribution is -0.0171. The van der Waals surface area contributed by atoms with Crippen molar-refractivity contribution in [3.05, 3.63) is 63.7 Å². The zero-order valence-electron chi connectivity index (χ0n) is 15.1. The molecule has 0 radical (unpaired) electrons. The molecule has 0 amide bonds. The third kappa shape index (κ3) is 3.76. The minimum Gasteiger partial charge on any atom is -0.467 e. The van der Waals surface area contributed by atoms with Gasteiger partial charge in [-0.2, -0.15) is 0 Å². The van der Waals surface area contributed by atoms with Gasteiger partial charge >= 0.3 is 0 Å².